The largest absolute Gasteiger partial charge is 0.488 e. The first-order valence-electron chi connectivity index (χ1n) is 12.9. The van der Waals surface area contributed by atoms with Crippen molar-refractivity contribution in [3.8, 4) is 5.75 Å². The fourth-order valence-corrected chi connectivity index (χ4v) is 4.37. The second-order valence-corrected chi connectivity index (χ2v) is 10.5. The highest BCUT2D eigenvalue weighted by Crippen LogP contribution is 2.29. The van der Waals surface area contributed by atoms with E-state index in [9.17, 15) is 4.79 Å². The highest BCUT2D eigenvalue weighted by atomic mass is 16.5. The highest BCUT2D eigenvalue weighted by molar-refractivity contribution is 5.85. The van der Waals surface area contributed by atoms with Crippen LogP contribution >= 0.6 is 0 Å². The number of benzene rings is 1. The third-order valence-electron chi connectivity index (χ3n) is 6.49. The van der Waals surface area contributed by atoms with Crippen molar-refractivity contribution in [2.24, 2.45) is 5.41 Å². The third-order valence-corrected chi connectivity index (χ3v) is 6.49. The number of aromatic nitrogens is 1. The Bertz CT molecular complexity index is 882. The van der Waals surface area contributed by atoms with E-state index in [2.05, 4.69) is 40.3 Å². The first-order valence-corrected chi connectivity index (χ1v) is 12.9. The second-order valence-electron chi connectivity index (χ2n) is 10.5. The number of piperidine rings is 1. The molecule has 3 rings (SSSR count). The lowest BCUT2D eigenvalue weighted by Crippen LogP contribution is -2.38. The summed E-state index contributed by atoms with van der Waals surface area (Å²) in [5.74, 6) is 1.10. The first kappa shape index (κ1) is 25.5. The summed E-state index contributed by atoms with van der Waals surface area (Å²) >= 11 is 0. The van der Waals surface area contributed by atoms with E-state index in [-0.39, 0.29) is 17.4 Å². The predicted molar refractivity (Wildman–Crippen MR) is 137 cm³/mol. The van der Waals surface area contributed by atoms with E-state index in [0.29, 0.717) is 0 Å². The Labute approximate surface area is 200 Å². The van der Waals surface area contributed by atoms with Crippen LogP contribution in [0.5, 0.6) is 5.75 Å². The van der Waals surface area contributed by atoms with Gasteiger partial charge in [-0.2, -0.15) is 0 Å². The van der Waals surface area contributed by atoms with Crippen molar-refractivity contribution in [2.45, 2.75) is 85.2 Å². The standard InChI is InChI=1S/C28H43N3O2/c1-5-6-11-22-20-23-12-10-16-29-26(23)25(21-22)33-24-13-18-31(19-14-24)17-9-7-8-15-30-27(32)28(2,3)4/h10,12,16,20-21,24H,5-9,11,13-15,17-19H2,1-4H3,(H,30,32). The van der Waals surface area contributed by atoms with Crippen LogP contribution in [0.4, 0.5) is 0 Å². The summed E-state index contributed by atoms with van der Waals surface area (Å²) in [6.07, 6.45) is 11.1. The summed E-state index contributed by atoms with van der Waals surface area (Å²) < 4.78 is 6.52. The summed E-state index contributed by atoms with van der Waals surface area (Å²) in [4.78, 5) is 19.1. The zero-order valence-corrected chi connectivity index (χ0v) is 21.2. The van der Waals surface area contributed by atoms with Gasteiger partial charge >= 0.3 is 0 Å². The number of carbonyl (C=O) groups excluding carboxylic acids is 1. The van der Waals surface area contributed by atoms with Gasteiger partial charge in [0.2, 0.25) is 5.91 Å². The topological polar surface area (TPSA) is 54.5 Å². The van der Waals surface area contributed by atoms with Crippen LogP contribution in [0, 0.1) is 5.41 Å². The molecule has 5 nitrogen and oxygen atoms in total. The van der Waals surface area contributed by atoms with Crippen molar-refractivity contribution in [3.05, 3.63) is 36.0 Å². The molecule has 1 N–H and O–H groups in total. The van der Waals surface area contributed by atoms with E-state index in [1.807, 2.05) is 33.0 Å². The highest BCUT2D eigenvalue weighted by Gasteiger charge is 2.22. The molecule has 0 atom stereocenters. The molecule has 0 spiro atoms. The molecule has 0 aliphatic carbocycles. The number of nitrogens with zero attached hydrogens (tertiary/aromatic N) is 2. The molecular formula is C28H43N3O2. The van der Waals surface area contributed by atoms with Crippen LogP contribution in [-0.2, 0) is 11.2 Å². The predicted octanol–water partition coefficient (Wildman–Crippen LogP) is 5.75. The van der Waals surface area contributed by atoms with Crippen LogP contribution in [0.2, 0.25) is 0 Å². The minimum atomic E-state index is -0.300. The van der Waals surface area contributed by atoms with Crippen molar-refractivity contribution >= 4 is 16.8 Å². The van der Waals surface area contributed by atoms with E-state index in [1.165, 1.54) is 30.2 Å². The van der Waals surface area contributed by atoms with Gasteiger partial charge in [0.1, 0.15) is 17.4 Å². The van der Waals surface area contributed by atoms with Gasteiger partial charge in [-0.25, -0.2) is 0 Å². The van der Waals surface area contributed by atoms with E-state index >= 15 is 0 Å². The molecule has 33 heavy (non-hydrogen) atoms. The summed E-state index contributed by atoms with van der Waals surface area (Å²) in [6, 6.07) is 8.63. The van der Waals surface area contributed by atoms with Crippen LogP contribution in [0.15, 0.2) is 30.5 Å². The van der Waals surface area contributed by atoms with Crippen molar-refractivity contribution in [2.75, 3.05) is 26.2 Å². The Kier molecular flexibility index (Phi) is 9.54. The lowest BCUT2D eigenvalue weighted by Gasteiger charge is -2.32. The molecule has 2 aromatic rings. The lowest BCUT2D eigenvalue weighted by atomic mass is 9.96. The number of aryl methyl sites for hydroxylation is 1. The molecule has 2 heterocycles. The molecule has 1 aromatic heterocycles. The number of carbonyl (C=O) groups is 1. The van der Waals surface area contributed by atoms with Crippen LogP contribution < -0.4 is 10.1 Å². The van der Waals surface area contributed by atoms with Crippen molar-refractivity contribution < 1.29 is 9.53 Å². The molecule has 1 aromatic carbocycles. The minimum absolute atomic E-state index is 0.142. The van der Waals surface area contributed by atoms with Gasteiger partial charge in [0.05, 0.1) is 0 Å². The zero-order chi connectivity index (χ0) is 23.7. The maximum atomic E-state index is 11.9. The van der Waals surface area contributed by atoms with Gasteiger partial charge in [-0.1, -0.05) is 46.6 Å². The number of amides is 1. The molecule has 1 saturated heterocycles. The molecular weight excluding hydrogens is 410 g/mol. The molecule has 1 amide bonds. The van der Waals surface area contributed by atoms with Gasteiger partial charge in [0.15, 0.2) is 0 Å². The fraction of sp³-hybridized carbons (Fsp3) is 0.643. The average molecular weight is 454 g/mol. The number of fused-ring (bicyclic) bond motifs is 1. The SMILES string of the molecule is CCCCc1cc(OC2CCN(CCCCCNC(=O)C(C)(C)C)CC2)c2ncccc2c1. The van der Waals surface area contributed by atoms with Gasteiger partial charge < -0.3 is 15.0 Å². The monoisotopic (exact) mass is 453 g/mol. The van der Waals surface area contributed by atoms with E-state index in [1.54, 1.807) is 0 Å². The summed E-state index contributed by atoms with van der Waals surface area (Å²) in [7, 11) is 0. The van der Waals surface area contributed by atoms with Crippen LogP contribution in [0.25, 0.3) is 10.9 Å². The minimum Gasteiger partial charge on any atom is -0.488 e. The van der Waals surface area contributed by atoms with Crippen molar-refractivity contribution in [1.82, 2.24) is 15.2 Å². The van der Waals surface area contributed by atoms with Crippen LogP contribution in [-0.4, -0.2) is 48.1 Å². The Morgan fingerprint density at radius 2 is 1.94 bits per heavy atom. The Morgan fingerprint density at radius 1 is 1.15 bits per heavy atom. The van der Waals surface area contributed by atoms with Gasteiger partial charge in [-0.15, -0.1) is 0 Å². The number of nitrogens with one attached hydrogen (secondary N) is 1. The van der Waals surface area contributed by atoms with Crippen LogP contribution in [0.1, 0.15) is 78.2 Å². The molecule has 0 bridgehead atoms. The molecule has 1 fully saturated rings. The number of likely N-dealkylation sites (tertiary alicyclic amines) is 1. The third kappa shape index (κ3) is 7.99. The maximum Gasteiger partial charge on any atom is 0.225 e. The summed E-state index contributed by atoms with van der Waals surface area (Å²) in [6.45, 7) is 12.2. The van der Waals surface area contributed by atoms with Crippen molar-refractivity contribution in [1.29, 1.82) is 0 Å². The quantitative estimate of drug-likeness (QED) is 0.440. The fourth-order valence-electron chi connectivity index (χ4n) is 4.37. The maximum absolute atomic E-state index is 11.9. The number of unbranched alkanes of at least 4 members (excludes halogenated alkanes) is 3. The first-order chi connectivity index (χ1) is 15.9. The number of rotatable bonds is 11. The molecule has 182 valence electrons. The Morgan fingerprint density at radius 3 is 2.67 bits per heavy atom. The molecule has 1 aliphatic rings. The van der Waals surface area contributed by atoms with Gasteiger partial charge in [0, 0.05) is 36.6 Å². The summed E-state index contributed by atoms with van der Waals surface area (Å²) in [5, 5.41) is 4.22. The average Bonchev–Trinajstić information content (AvgIpc) is 2.80. The number of pyridine rings is 1. The second kappa shape index (κ2) is 12.4. The van der Waals surface area contributed by atoms with E-state index in [0.717, 1.165) is 69.5 Å². The van der Waals surface area contributed by atoms with E-state index < -0.39 is 0 Å². The van der Waals surface area contributed by atoms with Gasteiger partial charge in [0.25, 0.3) is 0 Å². The molecule has 0 radical (unpaired) electrons. The lowest BCUT2D eigenvalue weighted by molar-refractivity contribution is -0.128. The normalized spacial score (nSPS) is 15.6. The molecule has 0 unspecified atom stereocenters. The molecule has 0 saturated carbocycles. The number of hydrogen-bond donors (Lipinski definition) is 1. The number of ether oxygens (including phenoxy) is 1. The zero-order valence-electron chi connectivity index (χ0n) is 21.2. The van der Waals surface area contributed by atoms with Crippen molar-refractivity contribution in [3.63, 3.8) is 0 Å². The smallest absolute Gasteiger partial charge is 0.225 e. The van der Waals surface area contributed by atoms with E-state index in [4.69, 9.17) is 4.74 Å². The molecule has 5 heteroatoms. The van der Waals surface area contributed by atoms with Crippen LogP contribution in [0.3, 0.4) is 0 Å². The Hall–Kier alpha value is -2.14. The Balaban J connectivity index is 1.41. The molecule has 1 aliphatic heterocycles. The van der Waals surface area contributed by atoms with Gasteiger partial charge in [-0.3, -0.25) is 9.78 Å². The van der Waals surface area contributed by atoms with Gasteiger partial charge in [-0.05, 0) is 68.8 Å². The summed E-state index contributed by atoms with van der Waals surface area (Å²) in [5.41, 5.74) is 2.04. The number of hydrogen-bond acceptors (Lipinski definition) is 4.